The number of carbonyl (C=O) groups is 1. The highest BCUT2D eigenvalue weighted by atomic mass is 32.2. The molecule has 0 spiro atoms. The van der Waals surface area contributed by atoms with Crippen molar-refractivity contribution < 1.29 is 9.53 Å². The molecule has 0 fully saturated rings. The maximum absolute atomic E-state index is 12.7. The smallest absolute Gasteiger partial charge is 0.234 e. The van der Waals surface area contributed by atoms with Gasteiger partial charge in [-0.1, -0.05) is 90.6 Å². The van der Waals surface area contributed by atoms with Crippen molar-refractivity contribution >= 4 is 23.4 Å². The molecular weight excluding hydrogens is 492 g/mol. The minimum Gasteiger partial charge on any atom is -0.457 e. The van der Waals surface area contributed by atoms with E-state index >= 15 is 0 Å². The number of para-hydroxylation sites is 1. The van der Waals surface area contributed by atoms with Gasteiger partial charge in [-0.05, 0) is 54.4 Å². The monoisotopic (exact) mass is 520 g/mol. The number of benzene rings is 4. The molecule has 1 aromatic heterocycles. The third-order valence-corrected chi connectivity index (χ3v) is 7.00. The molecule has 5 aromatic rings. The summed E-state index contributed by atoms with van der Waals surface area (Å²) < 4.78 is 7.92. The zero-order chi connectivity index (χ0) is 26.2. The molecule has 0 unspecified atom stereocenters. The fraction of sp³-hybridized carbons (Fsp3) is 0.129. The lowest BCUT2D eigenvalue weighted by Gasteiger charge is -2.18. The molecule has 6 nitrogen and oxygen atoms in total. The summed E-state index contributed by atoms with van der Waals surface area (Å²) in [5.74, 6) is 2.40. The first-order valence-electron chi connectivity index (χ1n) is 12.5. The average Bonchev–Trinajstić information content (AvgIpc) is 3.37. The fourth-order valence-corrected chi connectivity index (χ4v) is 5.07. The van der Waals surface area contributed by atoms with Gasteiger partial charge in [0.25, 0.3) is 0 Å². The van der Waals surface area contributed by atoms with Gasteiger partial charge in [-0.15, -0.1) is 10.2 Å². The minimum atomic E-state index is -0.110. The van der Waals surface area contributed by atoms with Gasteiger partial charge in [0.05, 0.1) is 11.7 Å². The quantitative estimate of drug-likeness (QED) is 0.201. The number of rotatable bonds is 10. The van der Waals surface area contributed by atoms with Crippen LogP contribution in [0.2, 0.25) is 0 Å². The summed E-state index contributed by atoms with van der Waals surface area (Å²) in [6, 6.07) is 37.6. The maximum Gasteiger partial charge on any atom is 0.234 e. The number of hydrogen-bond donors (Lipinski definition) is 1. The molecule has 0 radical (unpaired) electrons. The van der Waals surface area contributed by atoms with E-state index in [0.29, 0.717) is 18.0 Å². The molecule has 1 amide bonds. The van der Waals surface area contributed by atoms with Crippen molar-refractivity contribution in [1.82, 2.24) is 14.8 Å². The topological polar surface area (TPSA) is 69.0 Å². The number of nitrogens with zero attached hydrogens (tertiary/aromatic N) is 3. The normalized spacial score (nSPS) is 10.9. The van der Waals surface area contributed by atoms with Crippen LogP contribution >= 0.6 is 11.8 Å². The standard InChI is InChI=1S/C31H28N4O2S/c1-2-35-30(29(23-12-6-3-7-13-23)24-14-8-4-9-15-24)33-34-31(35)38-22-28(36)32-25-18-20-27(21-19-25)37-26-16-10-5-11-17-26/h3-21,29H,2,22H2,1H3,(H,32,36). The number of nitrogens with one attached hydrogen (secondary N) is 1. The molecule has 0 aliphatic rings. The van der Waals surface area contributed by atoms with Crippen LogP contribution in [0.3, 0.4) is 0 Å². The number of ether oxygens (including phenoxy) is 1. The van der Waals surface area contributed by atoms with E-state index in [-0.39, 0.29) is 17.6 Å². The molecule has 7 heteroatoms. The first kappa shape index (κ1) is 25.3. The van der Waals surface area contributed by atoms with Crippen molar-refractivity contribution in [2.45, 2.75) is 24.5 Å². The average molecular weight is 521 g/mol. The molecule has 0 aliphatic heterocycles. The molecular formula is C31H28N4O2S. The van der Waals surface area contributed by atoms with Gasteiger partial charge in [-0.25, -0.2) is 0 Å². The molecule has 1 N–H and O–H groups in total. The molecule has 5 rings (SSSR count). The SMILES string of the molecule is CCn1c(SCC(=O)Nc2ccc(Oc3ccccc3)cc2)nnc1C(c1ccccc1)c1ccccc1. The summed E-state index contributed by atoms with van der Waals surface area (Å²) in [6.45, 7) is 2.77. The van der Waals surface area contributed by atoms with Crippen molar-refractivity contribution in [3.63, 3.8) is 0 Å². The Morgan fingerprint density at radius 3 is 1.92 bits per heavy atom. The number of carbonyl (C=O) groups excluding carboxylic acids is 1. The van der Waals surface area contributed by atoms with Crippen LogP contribution in [-0.2, 0) is 11.3 Å². The van der Waals surface area contributed by atoms with Gasteiger partial charge in [-0.3, -0.25) is 4.79 Å². The minimum absolute atomic E-state index is 0.0513. The third kappa shape index (κ3) is 6.12. The van der Waals surface area contributed by atoms with Gasteiger partial charge in [0.2, 0.25) is 5.91 Å². The molecule has 4 aromatic carbocycles. The van der Waals surface area contributed by atoms with E-state index < -0.39 is 0 Å². The van der Waals surface area contributed by atoms with E-state index in [1.165, 1.54) is 11.8 Å². The third-order valence-electron chi connectivity index (χ3n) is 6.04. The molecule has 0 aliphatic carbocycles. The van der Waals surface area contributed by atoms with Crippen LogP contribution in [0.15, 0.2) is 120 Å². The van der Waals surface area contributed by atoms with E-state index in [0.717, 1.165) is 27.9 Å². The second kappa shape index (κ2) is 12.3. The van der Waals surface area contributed by atoms with E-state index in [1.54, 1.807) is 0 Å². The Labute approximate surface area is 226 Å². The van der Waals surface area contributed by atoms with Crippen LogP contribution < -0.4 is 10.1 Å². The second-order valence-corrected chi connectivity index (χ2v) is 9.56. The van der Waals surface area contributed by atoms with Crippen molar-refractivity contribution in [3.05, 3.63) is 132 Å². The lowest BCUT2D eigenvalue weighted by molar-refractivity contribution is -0.113. The van der Waals surface area contributed by atoms with Crippen molar-refractivity contribution in [3.8, 4) is 11.5 Å². The van der Waals surface area contributed by atoms with Gasteiger partial charge in [0.15, 0.2) is 5.16 Å². The van der Waals surface area contributed by atoms with Crippen molar-refractivity contribution in [2.24, 2.45) is 0 Å². The molecule has 38 heavy (non-hydrogen) atoms. The van der Waals surface area contributed by atoms with Gasteiger partial charge in [-0.2, -0.15) is 0 Å². The van der Waals surface area contributed by atoms with Crippen LogP contribution in [0, 0.1) is 0 Å². The zero-order valence-electron chi connectivity index (χ0n) is 21.0. The number of anilines is 1. The Morgan fingerprint density at radius 1 is 0.789 bits per heavy atom. The van der Waals surface area contributed by atoms with Crippen LogP contribution in [-0.4, -0.2) is 26.4 Å². The summed E-state index contributed by atoms with van der Waals surface area (Å²) in [4.78, 5) is 12.7. The van der Waals surface area contributed by atoms with E-state index in [4.69, 9.17) is 4.74 Å². The van der Waals surface area contributed by atoms with Gasteiger partial charge >= 0.3 is 0 Å². The zero-order valence-corrected chi connectivity index (χ0v) is 21.8. The highest BCUT2D eigenvalue weighted by Gasteiger charge is 2.24. The summed E-state index contributed by atoms with van der Waals surface area (Å²) in [7, 11) is 0. The Kier molecular flexibility index (Phi) is 8.16. The Balaban J connectivity index is 1.26. The Hall–Kier alpha value is -4.36. The summed E-state index contributed by atoms with van der Waals surface area (Å²) in [6.07, 6.45) is 0. The summed E-state index contributed by atoms with van der Waals surface area (Å²) in [5, 5.41) is 12.7. The van der Waals surface area contributed by atoms with Crippen LogP contribution in [0.1, 0.15) is 29.8 Å². The number of aromatic nitrogens is 3. The van der Waals surface area contributed by atoms with E-state index in [2.05, 4.69) is 51.3 Å². The van der Waals surface area contributed by atoms with Crippen molar-refractivity contribution in [1.29, 1.82) is 0 Å². The predicted octanol–water partition coefficient (Wildman–Crippen LogP) is 7.00. The molecule has 0 saturated heterocycles. The van der Waals surface area contributed by atoms with E-state index in [1.807, 2.05) is 91.0 Å². The summed E-state index contributed by atoms with van der Waals surface area (Å²) in [5.41, 5.74) is 3.01. The molecule has 0 atom stereocenters. The van der Waals surface area contributed by atoms with Gasteiger partial charge in [0, 0.05) is 12.2 Å². The van der Waals surface area contributed by atoms with Gasteiger partial charge in [0.1, 0.15) is 17.3 Å². The second-order valence-electron chi connectivity index (χ2n) is 8.62. The number of hydrogen-bond acceptors (Lipinski definition) is 5. The van der Waals surface area contributed by atoms with E-state index in [9.17, 15) is 4.79 Å². The fourth-order valence-electron chi connectivity index (χ4n) is 4.26. The Morgan fingerprint density at radius 2 is 1.34 bits per heavy atom. The van der Waals surface area contributed by atoms with Crippen LogP contribution in [0.4, 0.5) is 5.69 Å². The molecule has 1 heterocycles. The first-order valence-corrected chi connectivity index (χ1v) is 13.5. The van der Waals surface area contributed by atoms with Gasteiger partial charge < -0.3 is 14.6 Å². The lowest BCUT2D eigenvalue weighted by atomic mass is 9.90. The van der Waals surface area contributed by atoms with Crippen LogP contribution in [0.25, 0.3) is 0 Å². The maximum atomic E-state index is 12.7. The predicted molar refractivity (Wildman–Crippen MR) is 152 cm³/mol. The molecule has 0 saturated carbocycles. The van der Waals surface area contributed by atoms with Crippen LogP contribution in [0.5, 0.6) is 11.5 Å². The summed E-state index contributed by atoms with van der Waals surface area (Å²) >= 11 is 1.39. The molecule has 190 valence electrons. The Bertz CT molecular complexity index is 1420. The van der Waals surface area contributed by atoms with Crippen molar-refractivity contribution in [2.75, 3.05) is 11.1 Å². The highest BCUT2D eigenvalue weighted by Crippen LogP contribution is 2.32. The number of amides is 1. The molecule has 0 bridgehead atoms. The first-order chi connectivity index (χ1) is 18.7. The number of thioether (sulfide) groups is 1. The highest BCUT2D eigenvalue weighted by molar-refractivity contribution is 7.99. The largest absolute Gasteiger partial charge is 0.457 e. The lowest BCUT2D eigenvalue weighted by Crippen LogP contribution is -2.15.